The van der Waals surface area contributed by atoms with E-state index < -0.39 is 0 Å². The second kappa shape index (κ2) is 7.14. The number of nitrogens with one attached hydrogen (secondary N) is 3. The fourth-order valence-electron chi connectivity index (χ4n) is 9.96. The molecule has 0 aromatic heterocycles. The summed E-state index contributed by atoms with van der Waals surface area (Å²) in [6.07, 6.45) is 5.09. The number of rotatable bonds is 3. The molecule has 2 aliphatic carbocycles. The highest BCUT2D eigenvalue weighted by atomic mass is 15.4. The van der Waals surface area contributed by atoms with Gasteiger partial charge in [0, 0.05) is 47.8 Å². The number of para-hydroxylation sites is 2. The molecule has 0 radical (unpaired) electrons. The molecule has 7 atom stereocenters. The summed E-state index contributed by atoms with van der Waals surface area (Å²) in [5, 5.41) is 11.9. The molecule has 4 heteroatoms. The van der Waals surface area contributed by atoms with Crippen LogP contribution in [0.2, 0.25) is 0 Å². The van der Waals surface area contributed by atoms with E-state index in [-0.39, 0.29) is 16.5 Å². The van der Waals surface area contributed by atoms with E-state index in [0.29, 0.717) is 29.7 Å². The van der Waals surface area contributed by atoms with Gasteiger partial charge < -0.3 is 16.0 Å². The summed E-state index contributed by atoms with van der Waals surface area (Å²) in [4.78, 5) is 2.70. The van der Waals surface area contributed by atoms with Gasteiger partial charge in [-0.1, -0.05) is 61.9 Å². The minimum atomic E-state index is -0.0639. The largest absolute Gasteiger partial charge is 0.381 e. The highest BCUT2D eigenvalue weighted by Gasteiger charge is 2.79. The first-order valence-corrected chi connectivity index (χ1v) is 13.6. The zero-order chi connectivity index (χ0) is 24.2. The number of benzene rings is 2. The van der Waals surface area contributed by atoms with Crippen LogP contribution in [-0.4, -0.2) is 43.8 Å². The zero-order valence-electron chi connectivity index (χ0n) is 21.9. The van der Waals surface area contributed by atoms with Gasteiger partial charge >= 0.3 is 0 Å². The van der Waals surface area contributed by atoms with Gasteiger partial charge in [-0.25, -0.2) is 0 Å². The van der Waals surface area contributed by atoms with E-state index in [9.17, 15) is 0 Å². The summed E-state index contributed by atoms with van der Waals surface area (Å²) in [6.45, 7) is 9.63. The first kappa shape index (κ1) is 21.9. The number of hydrogen-bond acceptors (Lipinski definition) is 4. The Morgan fingerprint density at radius 3 is 2.57 bits per heavy atom. The SMILES string of the molecule is CNCC1c2ccccc2NC1C1C2C(C=C(C)CC2(C)C)C23Nc4ccccc4C12CCN3C. The highest BCUT2D eigenvalue weighted by Crippen LogP contribution is 2.74. The standard InChI is InChI=1S/C31H40N4/c1-19-16-23-26(29(2,3)17-19)27(28-21(18-32-4)20-10-6-8-12-24(20)33-28)30-14-15-35(5)31(23,30)34-25-13-9-7-11-22(25)30/h6-13,16,21,23,26-28,32-34H,14-15,17-18H2,1-5H3. The third-order valence-corrected chi connectivity index (χ3v) is 10.7. The van der Waals surface area contributed by atoms with Crippen LogP contribution in [0.15, 0.2) is 60.2 Å². The average molecular weight is 469 g/mol. The van der Waals surface area contributed by atoms with Gasteiger partial charge in [0.1, 0.15) is 5.66 Å². The predicted octanol–water partition coefficient (Wildman–Crippen LogP) is 5.42. The van der Waals surface area contributed by atoms with Crippen LogP contribution in [0.4, 0.5) is 11.4 Å². The molecule has 2 aromatic carbocycles. The van der Waals surface area contributed by atoms with Crippen molar-refractivity contribution in [1.29, 1.82) is 0 Å². The van der Waals surface area contributed by atoms with Crippen molar-refractivity contribution >= 4 is 11.4 Å². The second-order valence-corrected chi connectivity index (χ2v) is 12.8. The zero-order valence-corrected chi connectivity index (χ0v) is 21.9. The van der Waals surface area contributed by atoms with Crippen molar-refractivity contribution in [3.05, 3.63) is 71.3 Å². The molecule has 1 saturated heterocycles. The highest BCUT2D eigenvalue weighted by molar-refractivity contribution is 5.70. The summed E-state index contributed by atoms with van der Waals surface area (Å²) in [7, 11) is 4.50. The lowest BCUT2D eigenvalue weighted by Crippen LogP contribution is -2.59. The van der Waals surface area contributed by atoms with Crippen molar-refractivity contribution in [2.45, 2.75) is 56.7 Å². The van der Waals surface area contributed by atoms with E-state index >= 15 is 0 Å². The fraction of sp³-hybridized carbons (Fsp3) is 0.548. The summed E-state index contributed by atoms with van der Waals surface area (Å²) >= 11 is 0. The summed E-state index contributed by atoms with van der Waals surface area (Å²) in [6, 6.07) is 18.7. The molecule has 2 aromatic rings. The molecule has 7 unspecified atom stereocenters. The van der Waals surface area contributed by atoms with Gasteiger partial charge in [-0.2, -0.15) is 0 Å². The molecule has 0 spiro atoms. The van der Waals surface area contributed by atoms with Gasteiger partial charge in [-0.15, -0.1) is 0 Å². The minimum absolute atomic E-state index is 0.0639. The average Bonchev–Trinajstić information content (AvgIpc) is 3.49. The lowest BCUT2D eigenvalue weighted by atomic mass is 9.57. The molecule has 0 bridgehead atoms. The Morgan fingerprint density at radius 2 is 1.77 bits per heavy atom. The van der Waals surface area contributed by atoms with E-state index in [1.165, 1.54) is 29.8 Å². The number of likely N-dealkylation sites (tertiary alicyclic amines) is 1. The molecule has 3 aliphatic heterocycles. The Bertz CT molecular complexity index is 1220. The van der Waals surface area contributed by atoms with Gasteiger partial charge in [0.2, 0.25) is 0 Å². The van der Waals surface area contributed by atoms with Crippen LogP contribution in [0.3, 0.4) is 0 Å². The number of fused-ring (bicyclic) bond motifs is 3. The van der Waals surface area contributed by atoms with Crippen LogP contribution < -0.4 is 16.0 Å². The van der Waals surface area contributed by atoms with E-state index in [2.05, 4.69) is 110 Å². The number of anilines is 2. The Morgan fingerprint density at radius 1 is 1.03 bits per heavy atom. The first-order valence-electron chi connectivity index (χ1n) is 13.6. The lowest BCUT2D eigenvalue weighted by Gasteiger charge is -2.48. The smallest absolute Gasteiger partial charge is 0.108 e. The normalized spacial score (nSPS) is 40.1. The van der Waals surface area contributed by atoms with Crippen LogP contribution in [0.25, 0.3) is 0 Å². The Hall–Kier alpha value is -2.30. The van der Waals surface area contributed by atoms with Crippen molar-refractivity contribution in [1.82, 2.24) is 10.2 Å². The number of nitrogens with zero attached hydrogens (tertiary/aromatic N) is 1. The van der Waals surface area contributed by atoms with Crippen LogP contribution >= 0.6 is 0 Å². The maximum atomic E-state index is 4.23. The maximum Gasteiger partial charge on any atom is 0.108 e. The van der Waals surface area contributed by atoms with Crippen molar-refractivity contribution in [3.8, 4) is 0 Å². The van der Waals surface area contributed by atoms with Gasteiger partial charge in [-0.3, -0.25) is 4.90 Å². The van der Waals surface area contributed by atoms with E-state index in [0.717, 1.165) is 13.1 Å². The van der Waals surface area contributed by atoms with Gasteiger partial charge in [0.15, 0.2) is 0 Å². The molecule has 2 fully saturated rings. The molecule has 3 heterocycles. The van der Waals surface area contributed by atoms with Crippen molar-refractivity contribution in [3.63, 3.8) is 0 Å². The Labute approximate surface area is 210 Å². The Balaban J connectivity index is 1.50. The predicted molar refractivity (Wildman–Crippen MR) is 145 cm³/mol. The molecule has 1 saturated carbocycles. The fourth-order valence-corrected chi connectivity index (χ4v) is 9.96. The second-order valence-electron chi connectivity index (χ2n) is 12.8. The minimum Gasteiger partial charge on any atom is -0.381 e. The van der Waals surface area contributed by atoms with E-state index in [1.807, 2.05) is 0 Å². The monoisotopic (exact) mass is 468 g/mol. The number of allylic oxidation sites excluding steroid dienone is 1. The lowest BCUT2D eigenvalue weighted by molar-refractivity contribution is 0.0718. The van der Waals surface area contributed by atoms with E-state index in [1.54, 1.807) is 11.1 Å². The number of hydrogen-bond donors (Lipinski definition) is 3. The molecule has 4 nitrogen and oxygen atoms in total. The van der Waals surface area contributed by atoms with Crippen molar-refractivity contribution < 1.29 is 0 Å². The molecule has 184 valence electrons. The molecule has 5 aliphatic rings. The van der Waals surface area contributed by atoms with Crippen LogP contribution in [0, 0.1) is 23.2 Å². The quantitative estimate of drug-likeness (QED) is 0.526. The molecule has 3 N–H and O–H groups in total. The van der Waals surface area contributed by atoms with Crippen molar-refractivity contribution in [2.75, 3.05) is 37.8 Å². The molecule has 35 heavy (non-hydrogen) atoms. The summed E-state index contributed by atoms with van der Waals surface area (Å²) < 4.78 is 0. The maximum absolute atomic E-state index is 4.23. The first-order chi connectivity index (χ1) is 16.8. The van der Waals surface area contributed by atoms with Gasteiger partial charge in [-0.05, 0) is 74.4 Å². The van der Waals surface area contributed by atoms with Crippen molar-refractivity contribution in [2.24, 2.45) is 23.2 Å². The van der Waals surface area contributed by atoms with Crippen LogP contribution in [0.5, 0.6) is 0 Å². The third kappa shape index (κ3) is 2.50. The third-order valence-electron chi connectivity index (χ3n) is 10.7. The molecule has 0 amide bonds. The van der Waals surface area contributed by atoms with Gasteiger partial charge in [0.05, 0.1) is 0 Å². The molecular formula is C31H40N4. The summed E-state index contributed by atoms with van der Waals surface area (Å²) in [5.74, 6) is 2.07. The Kier molecular flexibility index (Phi) is 4.47. The molecule has 7 rings (SSSR count). The summed E-state index contributed by atoms with van der Waals surface area (Å²) in [5.41, 5.74) is 7.58. The van der Waals surface area contributed by atoms with Crippen LogP contribution in [-0.2, 0) is 5.41 Å². The number of likely N-dealkylation sites (N-methyl/N-ethyl adjacent to an activating group) is 2. The van der Waals surface area contributed by atoms with Crippen LogP contribution in [0.1, 0.15) is 50.7 Å². The molecular weight excluding hydrogens is 428 g/mol. The topological polar surface area (TPSA) is 39.3 Å². The van der Waals surface area contributed by atoms with E-state index in [4.69, 9.17) is 0 Å². The van der Waals surface area contributed by atoms with Gasteiger partial charge in [0.25, 0.3) is 0 Å².